The van der Waals surface area contributed by atoms with Gasteiger partial charge in [0.15, 0.2) is 0 Å². The van der Waals surface area contributed by atoms with E-state index in [1.165, 1.54) is 0 Å². The average molecular weight is 478 g/mol. The molecular formula is C28H35N3O4. The summed E-state index contributed by atoms with van der Waals surface area (Å²) in [6.07, 6.45) is 3.23. The number of hydrogen-bond donors (Lipinski definition) is 2. The second-order valence-corrected chi connectivity index (χ2v) is 10.1. The van der Waals surface area contributed by atoms with Gasteiger partial charge in [-0.1, -0.05) is 19.9 Å². The molecule has 0 spiro atoms. The number of nitrogens with zero attached hydrogens (tertiary/aromatic N) is 1. The fraction of sp³-hybridized carbons (Fsp3) is 0.464. The summed E-state index contributed by atoms with van der Waals surface area (Å²) in [5.41, 5.74) is 4.12. The number of likely N-dealkylation sites (tertiary alicyclic amines) is 1. The summed E-state index contributed by atoms with van der Waals surface area (Å²) in [5, 5.41) is 5.82. The predicted octanol–water partition coefficient (Wildman–Crippen LogP) is 4.80. The number of carbonyl (C=O) groups is 3. The van der Waals surface area contributed by atoms with Crippen LogP contribution in [0.15, 0.2) is 36.4 Å². The Kier molecular flexibility index (Phi) is 7.73. The van der Waals surface area contributed by atoms with Crippen LogP contribution >= 0.6 is 0 Å². The normalized spacial score (nSPS) is 19.5. The molecule has 1 saturated heterocycles. The van der Waals surface area contributed by atoms with E-state index in [0.717, 1.165) is 42.1 Å². The Hall–Kier alpha value is -3.35. The van der Waals surface area contributed by atoms with Crippen LogP contribution in [0, 0.1) is 18.8 Å². The van der Waals surface area contributed by atoms with Gasteiger partial charge < -0.3 is 20.3 Å². The Morgan fingerprint density at radius 1 is 1.09 bits per heavy atom. The summed E-state index contributed by atoms with van der Waals surface area (Å²) in [4.78, 5) is 39.1. The van der Waals surface area contributed by atoms with Gasteiger partial charge in [0.2, 0.25) is 11.8 Å². The first-order valence-electron chi connectivity index (χ1n) is 12.5. The summed E-state index contributed by atoms with van der Waals surface area (Å²) in [7, 11) is 0. The Bertz CT molecular complexity index is 1100. The highest BCUT2D eigenvalue weighted by molar-refractivity contribution is 5.98. The van der Waals surface area contributed by atoms with Crippen LogP contribution in [0.4, 0.5) is 11.4 Å². The lowest BCUT2D eigenvalue weighted by molar-refractivity contribution is -0.117. The molecule has 35 heavy (non-hydrogen) atoms. The van der Waals surface area contributed by atoms with Crippen molar-refractivity contribution in [1.29, 1.82) is 0 Å². The van der Waals surface area contributed by atoms with Gasteiger partial charge in [-0.15, -0.1) is 0 Å². The molecule has 4 rings (SSSR count). The van der Waals surface area contributed by atoms with E-state index in [-0.39, 0.29) is 17.7 Å². The van der Waals surface area contributed by atoms with Gasteiger partial charge in [0.05, 0.1) is 6.61 Å². The van der Waals surface area contributed by atoms with Crippen molar-refractivity contribution in [2.24, 2.45) is 11.8 Å². The van der Waals surface area contributed by atoms with Crippen molar-refractivity contribution in [3.8, 4) is 5.75 Å². The van der Waals surface area contributed by atoms with Crippen molar-refractivity contribution in [3.05, 3.63) is 53.1 Å². The van der Waals surface area contributed by atoms with Crippen LogP contribution in [0.2, 0.25) is 0 Å². The fourth-order valence-corrected chi connectivity index (χ4v) is 4.99. The lowest BCUT2D eigenvalue weighted by Gasteiger charge is -2.35. The second-order valence-electron chi connectivity index (χ2n) is 10.1. The Balaban J connectivity index is 1.27. The molecule has 2 atom stereocenters. The van der Waals surface area contributed by atoms with Crippen LogP contribution in [0.1, 0.15) is 61.0 Å². The van der Waals surface area contributed by atoms with Gasteiger partial charge in [0.25, 0.3) is 5.91 Å². The average Bonchev–Trinajstić information content (AvgIpc) is 2.82. The summed E-state index contributed by atoms with van der Waals surface area (Å²) in [6.45, 7) is 8.27. The van der Waals surface area contributed by atoms with E-state index >= 15 is 0 Å². The number of hydrogen-bond acceptors (Lipinski definition) is 4. The number of anilines is 2. The van der Waals surface area contributed by atoms with Crippen molar-refractivity contribution in [2.45, 2.75) is 52.9 Å². The van der Waals surface area contributed by atoms with Crippen molar-refractivity contribution in [1.82, 2.24) is 4.90 Å². The quantitative estimate of drug-likeness (QED) is 0.561. The maximum atomic E-state index is 13.1. The molecule has 0 aliphatic carbocycles. The fourth-order valence-electron chi connectivity index (χ4n) is 4.99. The standard InChI is InChI=1S/C28H35N3O4/c1-18-13-19(2)17-31(16-18)28(34)22-7-6-20(3)25(15-22)30-26(32)5-4-12-35-23-9-10-24-21(14-23)8-11-27(33)29-24/h6-7,9-10,14-15,18-19H,4-5,8,11-13,16-17H2,1-3H3,(H,29,33)(H,30,32). The molecule has 2 aliphatic heterocycles. The number of amides is 3. The van der Waals surface area contributed by atoms with Crippen molar-refractivity contribution in [2.75, 3.05) is 30.3 Å². The highest BCUT2D eigenvalue weighted by Crippen LogP contribution is 2.27. The lowest BCUT2D eigenvalue weighted by atomic mass is 9.91. The molecule has 186 valence electrons. The first-order valence-corrected chi connectivity index (χ1v) is 12.5. The van der Waals surface area contributed by atoms with E-state index in [1.54, 1.807) is 6.07 Å². The zero-order chi connectivity index (χ0) is 24.9. The number of fused-ring (bicyclic) bond motifs is 1. The highest BCUT2D eigenvalue weighted by atomic mass is 16.5. The topological polar surface area (TPSA) is 87.7 Å². The smallest absolute Gasteiger partial charge is 0.253 e. The number of rotatable bonds is 7. The van der Waals surface area contributed by atoms with Crippen LogP contribution in [0.25, 0.3) is 0 Å². The van der Waals surface area contributed by atoms with Gasteiger partial charge in [-0.05, 0) is 79.5 Å². The minimum atomic E-state index is -0.102. The minimum Gasteiger partial charge on any atom is -0.494 e. The molecule has 0 saturated carbocycles. The lowest BCUT2D eigenvalue weighted by Crippen LogP contribution is -2.42. The Morgan fingerprint density at radius 2 is 1.86 bits per heavy atom. The molecule has 7 heteroatoms. The summed E-state index contributed by atoms with van der Waals surface area (Å²) in [6, 6.07) is 11.2. The largest absolute Gasteiger partial charge is 0.494 e. The van der Waals surface area contributed by atoms with Crippen LogP contribution in [0.5, 0.6) is 5.75 Å². The molecule has 7 nitrogen and oxygen atoms in total. The van der Waals surface area contributed by atoms with Gasteiger partial charge in [-0.3, -0.25) is 14.4 Å². The Labute approximate surface area is 207 Å². The van der Waals surface area contributed by atoms with Crippen LogP contribution < -0.4 is 15.4 Å². The molecule has 0 radical (unpaired) electrons. The molecule has 2 heterocycles. The summed E-state index contributed by atoms with van der Waals surface area (Å²) in [5.74, 6) is 1.70. The van der Waals surface area contributed by atoms with Crippen LogP contribution in [0.3, 0.4) is 0 Å². The van der Waals surface area contributed by atoms with Gasteiger partial charge in [-0.25, -0.2) is 0 Å². The number of carbonyl (C=O) groups excluding carboxylic acids is 3. The first kappa shape index (κ1) is 24.8. The van der Waals surface area contributed by atoms with Gasteiger partial charge in [-0.2, -0.15) is 0 Å². The van der Waals surface area contributed by atoms with Gasteiger partial charge >= 0.3 is 0 Å². The maximum absolute atomic E-state index is 13.1. The maximum Gasteiger partial charge on any atom is 0.253 e. The van der Waals surface area contributed by atoms with E-state index in [9.17, 15) is 14.4 Å². The zero-order valence-electron chi connectivity index (χ0n) is 20.9. The number of ether oxygens (including phenoxy) is 1. The van der Waals surface area contributed by atoms with Crippen LogP contribution in [-0.4, -0.2) is 42.3 Å². The van der Waals surface area contributed by atoms with Crippen LogP contribution in [-0.2, 0) is 16.0 Å². The van der Waals surface area contributed by atoms with E-state index < -0.39 is 0 Å². The molecule has 2 aliphatic rings. The number of benzene rings is 2. The number of piperidine rings is 1. The molecule has 0 aromatic heterocycles. The number of nitrogens with one attached hydrogen (secondary N) is 2. The third-order valence-corrected chi connectivity index (χ3v) is 6.70. The summed E-state index contributed by atoms with van der Waals surface area (Å²) >= 11 is 0. The second kappa shape index (κ2) is 10.9. The SMILES string of the molecule is Cc1ccc(C(=O)N2CC(C)CC(C)C2)cc1NC(=O)CCCOc1ccc2c(c1)CCC(=O)N2. The Morgan fingerprint density at radius 3 is 2.63 bits per heavy atom. The molecule has 2 aromatic carbocycles. The van der Waals surface area contributed by atoms with Crippen molar-refractivity contribution < 1.29 is 19.1 Å². The first-order chi connectivity index (χ1) is 16.8. The van der Waals surface area contributed by atoms with Crippen molar-refractivity contribution >= 4 is 29.1 Å². The van der Waals surface area contributed by atoms with E-state index in [1.807, 2.05) is 42.2 Å². The van der Waals surface area contributed by atoms with E-state index in [0.29, 0.717) is 55.4 Å². The van der Waals surface area contributed by atoms with Crippen molar-refractivity contribution in [3.63, 3.8) is 0 Å². The monoisotopic (exact) mass is 477 g/mol. The molecule has 2 unspecified atom stereocenters. The molecule has 1 fully saturated rings. The molecule has 2 aromatic rings. The van der Waals surface area contributed by atoms with Gasteiger partial charge in [0, 0.05) is 42.9 Å². The third-order valence-electron chi connectivity index (χ3n) is 6.70. The highest BCUT2D eigenvalue weighted by Gasteiger charge is 2.26. The number of aryl methyl sites for hydroxylation is 2. The molecule has 3 amide bonds. The minimum absolute atomic E-state index is 0.0249. The summed E-state index contributed by atoms with van der Waals surface area (Å²) < 4.78 is 5.82. The van der Waals surface area contributed by atoms with E-state index in [4.69, 9.17) is 4.74 Å². The molecule has 0 bridgehead atoms. The van der Waals surface area contributed by atoms with Gasteiger partial charge in [0.1, 0.15) is 5.75 Å². The van der Waals surface area contributed by atoms with E-state index in [2.05, 4.69) is 24.5 Å². The molecule has 2 N–H and O–H groups in total. The third kappa shape index (κ3) is 6.41. The molecular weight excluding hydrogens is 442 g/mol. The predicted molar refractivity (Wildman–Crippen MR) is 137 cm³/mol. The zero-order valence-corrected chi connectivity index (χ0v) is 20.9.